The molecular formula is C28H30N4O4. The molecule has 0 atom stereocenters. The Morgan fingerprint density at radius 3 is 2.17 bits per heavy atom. The summed E-state index contributed by atoms with van der Waals surface area (Å²) in [5.41, 5.74) is 3.99. The minimum atomic E-state index is -0.584. The number of nitriles is 1. The highest BCUT2D eigenvalue weighted by molar-refractivity contribution is 6.11. The zero-order chi connectivity index (χ0) is 26.2. The lowest BCUT2D eigenvalue weighted by atomic mass is 10.1. The topological polar surface area (TPSA) is 105 Å². The zero-order valence-electron chi connectivity index (χ0n) is 21.1. The maximum absolute atomic E-state index is 13.0. The van der Waals surface area contributed by atoms with Crippen molar-refractivity contribution in [3.63, 3.8) is 0 Å². The highest BCUT2D eigenvalue weighted by atomic mass is 16.5. The fourth-order valence-electron chi connectivity index (χ4n) is 3.91. The third-order valence-corrected chi connectivity index (χ3v) is 5.78. The van der Waals surface area contributed by atoms with Crippen molar-refractivity contribution in [3.8, 4) is 17.6 Å². The van der Waals surface area contributed by atoms with E-state index in [1.807, 2.05) is 32.0 Å². The molecule has 0 unspecified atom stereocenters. The van der Waals surface area contributed by atoms with Crippen molar-refractivity contribution in [1.29, 1.82) is 5.26 Å². The smallest absolute Gasteiger partial charge is 0.266 e. The van der Waals surface area contributed by atoms with E-state index in [0.717, 1.165) is 29.9 Å². The fourth-order valence-corrected chi connectivity index (χ4v) is 3.91. The first kappa shape index (κ1) is 26.1. The minimum absolute atomic E-state index is 0.0470. The van der Waals surface area contributed by atoms with Gasteiger partial charge in [-0.15, -0.1) is 0 Å². The summed E-state index contributed by atoms with van der Waals surface area (Å²) in [6.45, 7) is 6.94. The van der Waals surface area contributed by atoms with Crippen LogP contribution in [-0.2, 0) is 11.3 Å². The quantitative estimate of drug-likeness (QED) is 0.314. The molecular weight excluding hydrogens is 456 g/mol. The Labute approximate surface area is 211 Å². The van der Waals surface area contributed by atoms with Crippen LogP contribution in [0.3, 0.4) is 0 Å². The fraction of sp³-hybridized carbons (Fsp3) is 0.250. The molecule has 0 aliphatic heterocycles. The molecule has 0 bridgehead atoms. The molecule has 3 aromatic rings. The Morgan fingerprint density at radius 2 is 1.61 bits per heavy atom. The molecule has 0 aliphatic carbocycles. The molecule has 3 rings (SSSR count). The van der Waals surface area contributed by atoms with Crippen LogP contribution < -0.4 is 20.1 Å². The summed E-state index contributed by atoms with van der Waals surface area (Å²) in [4.78, 5) is 25.6. The number of anilines is 2. The standard InChI is InChI=1S/C28H30N4O4/c1-6-12-32-18(2)13-21(19(32)3)14-22(17-29)28(34)31-24-16-25(35-4)23(15-26(24)36-5)30-27(33)20-10-8-7-9-11-20/h7-11,13-16H,6,12H2,1-5H3,(H,30,33)(H,31,34)/b22-14+. The van der Waals surface area contributed by atoms with Crippen molar-refractivity contribution in [3.05, 3.63) is 76.6 Å². The number of carbonyl (C=O) groups is 2. The van der Waals surface area contributed by atoms with Gasteiger partial charge < -0.3 is 24.7 Å². The summed E-state index contributed by atoms with van der Waals surface area (Å²) >= 11 is 0. The Kier molecular flexibility index (Phi) is 8.52. The molecule has 1 aromatic heterocycles. The molecule has 2 N–H and O–H groups in total. The van der Waals surface area contributed by atoms with Crippen molar-refractivity contribution >= 4 is 29.3 Å². The van der Waals surface area contributed by atoms with Gasteiger partial charge >= 0.3 is 0 Å². The first-order valence-corrected chi connectivity index (χ1v) is 11.5. The number of hydrogen-bond acceptors (Lipinski definition) is 5. The number of aromatic nitrogens is 1. The molecule has 2 aromatic carbocycles. The first-order chi connectivity index (χ1) is 17.3. The average Bonchev–Trinajstić information content (AvgIpc) is 3.15. The Bertz CT molecular complexity index is 1330. The molecule has 2 amide bonds. The normalized spacial score (nSPS) is 10.9. The predicted octanol–water partition coefficient (Wildman–Crippen LogP) is 5.33. The van der Waals surface area contributed by atoms with E-state index in [2.05, 4.69) is 22.1 Å². The van der Waals surface area contributed by atoms with Gasteiger partial charge in [-0.05, 0) is 50.1 Å². The third kappa shape index (κ3) is 5.76. The second kappa shape index (κ2) is 11.8. The summed E-state index contributed by atoms with van der Waals surface area (Å²) < 4.78 is 13.0. The molecule has 0 radical (unpaired) electrons. The van der Waals surface area contributed by atoms with E-state index in [-0.39, 0.29) is 11.5 Å². The summed E-state index contributed by atoms with van der Waals surface area (Å²) in [6, 6.07) is 15.8. The van der Waals surface area contributed by atoms with Crippen molar-refractivity contribution in [2.75, 3.05) is 24.9 Å². The lowest BCUT2D eigenvalue weighted by molar-refractivity contribution is -0.112. The van der Waals surface area contributed by atoms with Crippen molar-refractivity contribution in [1.82, 2.24) is 4.57 Å². The Morgan fingerprint density at radius 1 is 1.00 bits per heavy atom. The molecule has 0 fully saturated rings. The number of nitrogens with zero attached hydrogens (tertiary/aromatic N) is 2. The second-order valence-corrected chi connectivity index (χ2v) is 8.17. The number of hydrogen-bond donors (Lipinski definition) is 2. The van der Waals surface area contributed by atoms with Crippen LogP contribution in [0.5, 0.6) is 11.5 Å². The largest absolute Gasteiger partial charge is 0.494 e. The van der Waals surface area contributed by atoms with E-state index in [9.17, 15) is 14.9 Å². The van der Waals surface area contributed by atoms with Crippen LogP contribution in [0.25, 0.3) is 6.08 Å². The third-order valence-electron chi connectivity index (χ3n) is 5.78. The number of rotatable bonds is 9. The highest BCUT2D eigenvalue weighted by Crippen LogP contribution is 2.37. The van der Waals surface area contributed by atoms with Crippen LogP contribution in [0.15, 0.2) is 54.1 Å². The molecule has 0 saturated carbocycles. The Balaban J connectivity index is 1.89. The van der Waals surface area contributed by atoms with Crippen LogP contribution in [0, 0.1) is 25.2 Å². The summed E-state index contributed by atoms with van der Waals surface area (Å²) in [7, 11) is 2.90. The van der Waals surface area contributed by atoms with Gasteiger partial charge in [-0.25, -0.2) is 0 Å². The van der Waals surface area contributed by atoms with Crippen molar-refractivity contribution < 1.29 is 19.1 Å². The maximum atomic E-state index is 13.0. The summed E-state index contributed by atoms with van der Waals surface area (Å²) in [5, 5.41) is 15.2. The zero-order valence-corrected chi connectivity index (χ0v) is 21.1. The molecule has 8 nitrogen and oxygen atoms in total. The van der Waals surface area contributed by atoms with E-state index in [4.69, 9.17) is 9.47 Å². The molecule has 186 valence electrons. The number of amides is 2. The molecule has 1 heterocycles. The molecule has 0 saturated heterocycles. The van der Waals surface area contributed by atoms with E-state index in [1.54, 1.807) is 42.5 Å². The van der Waals surface area contributed by atoms with Crippen molar-refractivity contribution in [2.45, 2.75) is 33.7 Å². The number of benzene rings is 2. The van der Waals surface area contributed by atoms with Crippen LogP contribution in [0.1, 0.15) is 40.7 Å². The van der Waals surface area contributed by atoms with Gasteiger partial charge in [0.1, 0.15) is 23.1 Å². The number of ether oxygens (including phenoxy) is 2. The lowest BCUT2D eigenvalue weighted by Gasteiger charge is -2.16. The van der Waals surface area contributed by atoms with Gasteiger partial charge in [0.05, 0.1) is 25.6 Å². The van der Waals surface area contributed by atoms with Crippen LogP contribution >= 0.6 is 0 Å². The van der Waals surface area contributed by atoms with E-state index in [1.165, 1.54) is 14.2 Å². The number of aryl methyl sites for hydroxylation is 1. The van der Waals surface area contributed by atoms with E-state index >= 15 is 0 Å². The SMILES string of the molecule is CCCn1c(C)cc(/C=C(\C#N)C(=O)Nc2cc(OC)c(NC(=O)c3ccccc3)cc2OC)c1C. The molecule has 0 spiro atoms. The van der Waals surface area contributed by atoms with E-state index < -0.39 is 5.91 Å². The van der Waals surface area contributed by atoms with Crippen molar-refractivity contribution in [2.24, 2.45) is 0 Å². The lowest BCUT2D eigenvalue weighted by Crippen LogP contribution is -2.16. The number of nitrogens with one attached hydrogen (secondary N) is 2. The van der Waals surface area contributed by atoms with Gasteiger partial charge in [-0.1, -0.05) is 25.1 Å². The number of carbonyl (C=O) groups excluding carboxylic acids is 2. The maximum Gasteiger partial charge on any atom is 0.266 e. The van der Waals surface area contributed by atoms with E-state index in [0.29, 0.717) is 28.4 Å². The van der Waals surface area contributed by atoms with Crippen LogP contribution in [-0.4, -0.2) is 30.6 Å². The second-order valence-electron chi connectivity index (χ2n) is 8.17. The molecule has 0 aliphatic rings. The van der Waals surface area contributed by atoms with Gasteiger partial charge in [-0.3, -0.25) is 9.59 Å². The average molecular weight is 487 g/mol. The molecule has 36 heavy (non-hydrogen) atoms. The monoisotopic (exact) mass is 486 g/mol. The summed E-state index contributed by atoms with van der Waals surface area (Å²) in [6.07, 6.45) is 2.57. The van der Waals surface area contributed by atoms with Crippen LogP contribution in [0.2, 0.25) is 0 Å². The van der Waals surface area contributed by atoms with Gasteiger partial charge in [-0.2, -0.15) is 5.26 Å². The summed E-state index contributed by atoms with van der Waals surface area (Å²) in [5.74, 6) is -0.283. The van der Waals surface area contributed by atoms with Gasteiger partial charge in [0.25, 0.3) is 11.8 Å². The van der Waals surface area contributed by atoms with Crippen LogP contribution in [0.4, 0.5) is 11.4 Å². The number of methoxy groups -OCH3 is 2. The van der Waals surface area contributed by atoms with Gasteiger partial charge in [0, 0.05) is 35.6 Å². The first-order valence-electron chi connectivity index (χ1n) is 11.5. The van der Waals surface area contributed by atoms with Gasteiger partial charge in [0.15, 0.2) is 0 Å². The van der Waals surface area contributed by atoms with Gasteiger partial charge in [0.2, 0.25) is 0 Å². The Hall–Kier alpha value is -4.51. The molecule has 8 heteroatoms. The minimum Gasteiger partial charge on any atom is -0.494 e. The highest BCUT2D eigenvalue weighted by Gasteiger charge is 2.18. The predicted molar refractivity (Wildman–Crippen MR) is 140 cm³/mol.